The maximum atomic E-state index is 12.3. The highest BCUT2D eigenvalue weighted by Gasteiger charge is 2.12. The van der Waals surface area contributed by atoms with Gasteiger partial charge < -0.3 is 5.32 Å². The molecular formula is C14H17N3O2. The summed E-state index contributed by atoms with van der Waals surface area (Å²) in [6.07, 6.45) is 2.86. The molecule has 0 spiro atoms. The third-order valence-electron chi connectivity index (χ3n) is 2.89. The molecule has 2 aromatic heterocycles. The van der Waals surface area contributed by atoms with Crippen LogP contribution in [0.1, 0.15) is 31.0 Å². The van der Waals surface area contributed by atoms with Crippen LogP contribution < -0.4 is 10.9 Å². The Morgan fingerprint density at radius 2 is 2.11 bits per heavy atom. The fraction of sp³-hybridized carbons (Fsp3) is 0.357. The molecule has 0 radical (unpaired) electrons. The molecule has 5 heteroatoms. The van der Waals surface area contributed by atoms with Crippen molar-refractivity contribution >= 4 is 17.2 Å². The molecule has 0 aromatic carbocycles. The van der Waals surface area contributed by atoms with Gasteiger partial charge in [0.05, 0.1) is 5.69 Å². The first kappa shape index (κ1) is 13.3. The van der Waals surface area contributed by atoms with E-state index in [4.69, 9.17) is 0 Å². The number of rotatable bonds is 3. The Bertz CT molecular complexity index is 689. The number of anilines is 1. The predicted molar refractivity (Wildman–Crippen MR) is 74.5 cm³/mol. The molecule has 0 unspecified atom stereocenters. The summed E-state index contributed by atoms with van der Waals surface area (Å²) < 4.78 is 1.46. The van der Waals surface area contributed by atoms with Gasteiger partial charge in [-0.2, -0.15) is 0 Å². The van der Waals surface area contributed by atoms with E-state index in [2.05, 4.69) is 10.3 Å². The van der Waals surface area contributed by atoms with Crippen molar-refractivity contribution in [3.05, 3.63) is 39.9 Å². The van der Waals surface area contributed by atoms with Crippen LogP contribution in [0.4, 0.5) is 5.69 Å². The highest BCUT2D eigenvalue weighted by molar-refractivity contribution is 5.91. The monoisotopic (exact) mass is 259 g/mol. The summed E-state index contributed by atoms with van der Waals surface area (Å²) in [5.41, 5.74) is 2.11. The lowest BCUT2D eigenvalue weighted by Crippen LogP contribution is -2.24. The molecule has 2 rings (SSSR count). The maximum Gasteiger partial charge on any atom is 0.281 e. The third-order valence-corrected chi connectivity index (χ3v) is 2.89. The van der Waals surface area contributed by atoms with Crippen LogP contribution >= 0.6 is 0 Å². The van der Waals surface area contributed by atoms with E-state index < -0.39 is 0 Å². The number of pyridine rings is 1. The summed E-state index contributed by atoms with van der Waals surface area (Å²) >= 11 is 0. The summed E-state index contributed by atoms with van der Waals surface area (Å²) in [6.45, 7) is 5.55. The van der Waals surface area contributed by atoms with Crippen molar-refractivity contribution in [3.63, 3.8) is 0 Å². The Morgan fingerprint density at radius 1 is 1.37 bits per heavy atom. The van der Waals surface area contributed by atoms with Crippen molar-refractivity contribution in [2.24, 2.45) is 0 Å². The van der Waals surface area contributed by atoms with Crippen molar-refractivity contribution in [3.8, 4) is 0 Å². The number of carbonyl (C=O) groups excluding carboxylic acids is 1. The fourth-order valence-electron chi connectivity index (χ4n) is 1.93. The number of nitrogens with zero attached hydrogens (tertiary/aromatic N) is 2. The number of nitrogens with one attached hydrogen (secondary N) is 1. The van der Waals surface area contributed by atoms with Gasteiger partial charge in [0.1, 0.15) is 11.3 Å². The molecule has 0 bridgehead atoms. The van der Waals surface area contributed by atoms with Crippen LogP contribution in [0, 0.1) is 13.8 Å². The minimum absolute atomic E-state index is 0.155. The first-order valence-electron chi connectivity index (χ1n) is 6.32. The number of hydrogen-bond acceptors (Lipinski definition) is 3. The topological polar surface area (TPSA) is 63.5 Å². The van der Waals surface area contributed by atoms with Gasteiger partial charge in [0.15, 0.2) is 0 Å². The standard InChI is InChI=1S/C14H17N3O2/c1-4-5-12(18)16-13-10(3)15-11-7-6-9(2)8-17(11)14(13)19/h6-8H,4-5H2,1-3H3,(H,16,18). The van der Waals surface area contributed by atoms with Gasteiger partial charge in [-0.25, -0.2) is 4.98 Å². The van der Waals surface area contributed by atoms with E-state index in [1.165, 1.54) is 4.40 Å². The first-order chi connectivity index (χ1) is 9.02. The zero-order chi connectivity index (χ0) is 14.0. The van der Waals surface area contributed by atoms with Gasteiger partial charge in [0.25, 0.3) is 5.56 Å². The van der Waals surface area contributed by atoms with E-state index in [0.717, 1.165) is 12.0 Å². The molecule has 100 valence electrons. The lowest BCUT2D eigenvalue weighted by Gasteiger charge is -2.09. The van der Waals surface area contributed by atoms with Crippen LogP contribution in [0.15, 0.2) is 23.1 Å². The molecule has 0 aliphatic heterocycles. The van der Waals surface area contributed by atoms with Crippen LogP contribution in [0.5, 0.6) is 0 Å². The third kappa shape index (κ3) is 2.65. The van der Waals surface area contributed by atoms with E-state index >= 15 is 0 Å². The molecule has 0 atom stereocenters. The number of carbonyl (C=O) groups is 1. The average molecular weight is 259 g/mol. The van der Waals surface area contributed by atoms with Crippen molar-refractivity contribution in [1.82, 2.24) is 9.38 Å². The molecule has 0 aliphatic rings. The van der Waals surface area contributed by atoms with Gasteiger partial charge in [-0.1, -0.05) is 13.0 Å². The summed E-state index contributed by atoms with van der Waals surface area (Å²) in [5, 5.41) is 2.66. The Morgan fingerprint density at radius 3 is 2.79 bits per heavy atom. The normalized spacial score (nSPS) is 10.7. The van der Waals surface area contributed by atoms with Crippen LogP contribution in [-0.2, 0) is 4.79 Å². The lowest BCUT2D eigenvalue weighted by atomic mass is 10.2. The number of fused-ring (bicyclic) bond motifs is 1. The van der Waals surface area contributed by atoms with Crippen molar-refractivity contribution in [2.45, 2.75) is 33.6 Å². The predicted octanol–water partition coefficient (Wildman–Crippen LogP) is 2.05. The first-order valence-corrected chi connectivity index (χ1v) is 6.32. The van der Waals surface area contributed by atoms with Crippen molar-refractivity contribution < 1.29 is 4.79 Å². The zero-order valence-corrected chi connectivity index (χ0v) is 11.4. The van der Waals surface area contributed by atoms with E-state index in [9.17, 15) is 9.59 Å². The molecule has 0 fully saturated rings. The average Bonchev–Trinajstić information content (AvgIpc) is 2.36. The summed E-state index contributed by atoms with van der Waals surface area (Å²) in [7, 11) is 0. The molecule has 0 saturated carbocycles. The second-order valence-electron chi connectivity index (χ2n) is 4.61. The smallest absolute Gasteiger partial charge is 0.281 e. The molecule has 1 N–H and O–H groups in total. The highest BCUT2D eigenvalue weighted by atomic mass is 16.2. The van der Waals surface area contributed by atoms with Gasteiger partial charge >= 0.3 is 0 Å². The zero-order valence-electron chi connectivity index (χ0n) is 11.4. The van der Waals surface area contributed by atoms with E-state index in [-0.39, 0.29) is 17.2 Å². The second-order valence-corrected chi connectivity index (χ2v) is 4.61. The largest absolute Gasteiger partial charge is 0.320 e. The molecule has 1 amide bonds. The summed E-state index contributed by atoms with van der Waals surface area (Å²) in [6, 6.07) is 3.69. The second kappa shape index (κ2) is 5.22. The SMILES string of the molecule is CCCC(=O)Nc1c(C)nc2ccc(C)cn2c1=O. The molecular weight excluding hydrogens is 242 g/mol. The Hall–Kier alpha value is -2.17. The Kier molecular flexibility index (Phi) is 3.64. The number of amides is 1. The van der Waals surface area contributed by atoms with Crippen molar-refractivity contribution in [1.29, 1.82) is 0 Å². The molecule has 19 heavy (non-hydrogen) atoms. The maximum absolute atomic E-state index is 12.3. The molecule has 2 heterocycles. The quantitative estimate of drug-likeness (QED) is 0.917. The van der Waals surface area contributed by atoms with E-state index in [1.54, 1.807) is 19.2 Å². The molecule has 0 saturated heterocycles. The number of aromatic nitrogens is 2. The van der Waals surface area contributed by atoms with Gasteiger partial charge in [0.2, 0.25) is 5.91 Å². The Balaban J connectivity index is 2.55. The van der Waals surface area contributed by atoms with Crippen LogP contribution in [0.2, 0.25) is 0 Å². The molecule has 0 aliphatic carbocycles. The minimum atomic E-state index is -0.240. The summed E-state index contributed by atoms with van der Waals surface area (Å²) in [5.74, 6) is -0.155. The summed E-state index contributed by atoms with van der Waals surface area (Å²) in [4.78, 5) is 28.3. The van der Waals surface area contributed by atoms with Crippen LogP contribution in [-0.4, -0.2) is 15.3 Å². The number of hydrogen-bond donors (Lipinski definition) is 1. The molecule has 2 aromatic rings. The van der Waals surface area contributed by atoms with Crippen LogP contribution in [0.3, 0.4) is 0 Å². The van der Waals surface area contributed by atoms with Gasteiger partial charge in [-0.05, 0) is 31.9 Å². The fourth-order valence-corrected chi connectivity index (χ4v) is 1.93. The van der Waals surface area contributed by atoms with Crippen LogP contribution in [0.25, 0.3) is 5.65 Å². The molecule has 5 nitrogen and oxygen atoms in total. The van der Waals surface area contributed by atoms with Gasteiger partial charge in [-0.3, -0.25) is 14.0 Å². The van der Waals surface area contributed by atoms with E-state index in [0.29, 0.717) is 17.8 Å². The van der Waals surface area contributed by atoms with Gasteiger partial charge in [-0.15, -0.1) is 0 Å². The van der Waals surface area contributed by atoms with Gasteiger partial charge in [0, 0.05) is 12.6 Å². The lowest BCUT2D eigenvalue weighted by molar-refractivity contribution is -0.116. The number of aryl methyl sites for hydroxylation is 2. The Labute approximate surface area is 111 Å². The van der Waals surface area contributed by atoms with E-state index in [1.807, 2.05) is 19.9 Å². The van der Waals surface area contributed by atoms with Crippen molar-refractivity contribution in [2.75, 3.05) is 5.32 Å². The minimum Gasteiger partial charge on any atom is -0.320 e. The highest BCUT2D eigenvalue weighted by Crippen LogP contribution is 2.10.